The number of aromatic nitrogens is 2. The van der Waals surface area contributed by atoms with Crippen molar-refractivity contribution in [2.75, 3.05) is 13.4 Å². The van der Waals surface area contributed by atoms with Gasteiger partial charge in [-0.15, -0.1) is 11.8 Å². The van der Waals surface area contributed by atoms with Crippen LogP contribution in [0.15, 0.2) is 4.63 Å². The lowest BCUT2D eigenvalue weighted by Gasteiger charge is -2.08. The number of hydrogen-bond acceptors (Lipinski definition) is 8. The summed E-state index contributed by atoms with van der Waals surface area (Å²) in [5.74, 6) is -1.17. The van der Waals surface area contributed by atoms with Gasteiger partial charge in [0, 0.05) is 0 Å². The fourth-order valence-electron chi connectivity index (χ4n) is 1.04. The average molecular weight is 263 g/mol. The van der Waals surface area contributed by atoms with Gasteiger partial charge < -0.3 is 20.4 Å². The summed E-state index contributed by atoms with van der Waals surface area (Å²) >= 11 is 0.988. The Morgan fingerprint density at radius 3 is 2.76 bits per heavy atom. The Balaban J connectivity index is 3.13. The molecule has 9 nitrogen and oxygen atoms in total. The molecule has 0 fully saturated rings. The first kappa shape index (κ1) is 13.1. The molecule has 1 aromatic rings. The summed E-state index contributed by atoms with van der Waals surface area (Å²) in [6.45, 7) is 0. The van der Waals surface area contributed by atoms with Gasteiger partial charge >= 0.3 is 17.9 Å². The van der Waals surface area contributed by atoms with E-state index in [0.29, 0.717) is 0 Å². The van der Waals surface area contributed by atoms with E-state index >= 15 is 0 Å². The molecule has 17 heavy (non-hydrogen) atoms. The first-order chi connectivity index (χ1) is 8.01. The van der Waals surface area contributed by atoms with E-state index in [1.807, 2.05) is 0 Å². The Morgan fingerprint density at radius 1 is 1.65 bits per heavy atom. The van der Waals surface area contributed by atoms with E-state index in [9.17, 15) is 14.8 Å². The molecular weight excluding hydrogens is 254 g/mol. The van der Waals surface area contributed by atoms with Crippen LogP contribution in [-0.4, -0.2) is 30.6 Å². The molecule has 0 radical (unpaired) electrons. The molecule has 1 atom stereocenters. The van der Waals surface area contributed by atoms with Crippen molar-refractivity contribution in [1.29, 1.82) is 0 Å². The molecule has 2 N–H and O–H groups in total. The SMILES string of the molecule is COC(=O)C(SC)c1c(OC(N)=O)no[n+]1[O-]. The van der Waals surface area contributed by atoms with Crippen LogP contribution in [0.2, 0.25) is 0 Å². The number of hydrogen-bond donors (Lipinski definition) is 1. The number of carbonyl (C=O) groups is 2. The lowest BCUT2D eigenvalue weighted by atomic mass is 10.3. The van der Waals surface area contributed by atoms with Crippen molar-refractivity contribution in [1.82, 2.24) is 5.16 Å². The van der Waals surface area contributed by atoms with Gasteiger partial charge in [-0.05, 0) is 11.2 Å². The van der Waals surface area contributed by atoms with Gasteiger partial charge in [-0.2, -0.15) is 0 Å². The molecule has 0 aliphatic carbocycles. The first-order valence-corrected chi connectivity index (χ1v) is 5.47. The van der Waals surface area contributed by atoms with Crippen LogP contribution in [0.25, 0.3) is 0 Å². The predicted molar refractivity (Wildman–Crippen MR) is 53.9 cm³/mol. The summed E-state index contributed by atoms with van der Waals surface area (Å²) in [6.07, 6.45) is 0.382. The fraction of sp³-hybridized carbons (Fsp3) is 0.429. The maximum atomic E-state index is 11.4. The normalized spacial score (nSPS) is 11.9. The van der Waals surface area contributed by atoms with Crippen molar-refractivity contribution in [3.63, 3.8) is 0 Å². The van der Waals surface area contributed by atoms with Gasteiger partial charge in [-0.25, -0.2) is 4.79 Å². The molecule has 1 amide bonds. The molecule has 1 aromatic heterocycles. The van der Waals surface area contributed by atoms with E-state index in [-0.39, 0.29) is 10.6 Å². The van der Waals surface area contributed by atoms with Crippen molar-refractivity contribution in [2.45, 2.75) is 5.25 Å². The second kappa shape index (κ2) is 5.39. The van der Waals surface area contributed by atoms with Gasteiger partial charge in [0.25, 0.3) is 5.69 Å². The van der Waals surface area contributed by atoms with E-state index in [1.54, 1.807) is 6.26 Å². The molecular formula is C7H9N3O6S. The number of ether oxygens (including phenoxy) is 2. The van der Waals surface area contributed by atoms with Crippen LogP contribution < -0.4 is 15.4 Å². The quantitative estimate of drug-likeness (QED) is 0.559. The van der Waals surface area contributed by atoms with Crippen LogP contribution >= 0.6 is 11.8 Å². The highest BCUT2D eigenvalue weighted by atomic mass is 32.2. The number of methoxy groups -OCH3 is 1. The minimum Gasteiger partial charge on any atom is -0.468 e. The lowest BCUT2D eigenvalue weighted by Crippen LogP contribution is -2.32. The van der Waals surface area contributed by atoms with E-state index in [2.05, 4.69) is 19.3 Å². The second-order valence-electron chi connectivity index (χ2n) is 2.68. The molecule has 0 spiro atoms. The van der Waals surface area contributed by atoms with Crippen LogP contribution in [0.3, 0.4) is 0 Å². The van der Waals surface area contributed by atoms with E-state index < -0.39 is 23.2 Å². The van der Waals surface area contributed by atoms with Gasteiger partial charge in [0.2, 0.25) is 0 Å². The Bertz CT molecular complexity index is 433. The molecule has 0 saturated heterocycles. The van der Waals surface area contributed by atoms with Gasteiger partial charge in [0.15, 0.2) is 5.25 Å². The molecule has 1 unspecified atom stereocenters. The van der Waals surface area contributed by atoms with E-state index in [4.69, 9.17) is 5.73 Å². The number of amides is 1. The number of thioether (sulfide) groups is 1. The number of rotatable bonds is 4. The van der Waals surface area contributed by atoms with Gasteiger partial charge in [-0.1, -0.05) is 0 Å². The number of esters is 1. The Morgan fingerprint density at radius 2 is 2.29 bits per heavy atom. The molecule has 10 heteroatoms. The highest BCUT2D eigenvalue weighted by Crippen LogP contribution is 2.30. The summed E-state index contributed by atoms with van der Waals surface area (Å²) < 4.78 is 13.2. The Hall–Kier alpha value is -1.97. The van der Waals surface area contributed by atoms with Crippen molar-refractivity contribution in [2.24, 2.45) is 5.73 Å². The Labute approximate surface area is 99.4 Å². The standard InChI is InChI=1S/C7H9N3O6S/c1-14-6(11)4(17-2)3-5(15-7(8)12)9-16-10(3)13/h4H,1-2H3,(H2,8,12). The fourth-order valence-corrected chi connectivity index (χ4v) is 1.74. The highest BCUT2D eigenvalue weighted by Gasteiger charge is 2.36. The van der Waals surface area contributed by atoms with Crippen molar-refractivity contribution < 1.29 is 28.6 Å². The number of primary amides is 1. The Kier molecular flexibility index (Phi) is 4.15. The number of nitrogens with zero attached hydrogens (tertiary/aromatic N) is 2. The molecule has 0 aliphatic heterocycles. The van der Waals surface area contributed by atoms with Crippen molar-refractivity contribution in [3.8, 4) is 5.88 Å². The van der Waals surface area contributed by atoms with Gasteiger partial charge in [0.05, 0.1) is 12.3 Å². The van der Waals surface area contributed by atoms with Crippen molar-refractivity contribution >= 4 is 23.8 Å². The topological polar surface area (TPSA) is 132 Å². The minimum atomic E-state index is -1.18. The van der Waals surface area contributed by atoms with E-state index in [0.717, 1.165) is 18.9 Å². The van der Waals surface area contributed by atoms with Crippen LogP contribution in [-0.2, 0) is 9.53 Å². The summed E-state index contributed by atoms with van der Waals surface area (Å²) in [6, 6.07) is 0. The molecule has 0 saturated carbocycles. The number of nitrogens with two attached hydrogens (primary N) is 1. The third-order valence-corrected chi connectivity index (χ3v) is 2.60. The number of carbonyl (C=O) groups excluding carboxylic acids is 2. The van der Waals surface area contributed by atoms with E-state index in [1.165, 1.54) is 0 Å². The molecule has 0 bridgehead atoms. The first-order valence-electron chi connectivity index (χ1n) is 4.18. The summed E-state index contributed by atoms with van der Waals surface area (Å²) in [4.78, 5) is 21.9. The predicted octanol–water partition coefficient (Wildman–Crippen LogP) is -0.657. The third-order valence-electron chi connectivity index (χ3n) is 1.71. The minimum absolute atomic E-state index is 0.0453. The molecule has 1 heterocycles. The maximum absolute atomic E-state index is 11.4. The summed E-state index contributed by atoms with van der Waals surface area (Å²) in [7, 11) is 1.16. The van der Waals surface area contributed by atoms with Crippen LogP contribution in [0.5, 0.6) is 5.88 Å². The average Bonchev–Trinajstić information content (AvgIpc) is 2.61. The largest absolute Gasteiger partial charge is 0.468 e. The molecule has 0 aliphatic rings. The maximum Gasteiger partial charge on any atom is 0.412 e. The van der Waals surface area contributed by atoms with Crippen molar-refractivity contribution in [3.05, 3.63) is 10.9 Å². The highest BCUT2D eigenvalue weighted by molar-refractivity contribution is 7.99. The summed E-state index contributed by atoms with van der Waals surface area (Å²) in [5.41, 5.74) is 4.49. The second-order valence-corrected chi connectivity index (χ2v) is 3.62. The zero-order valence-corrected chi connectivity index (χ0v) is 9.72. The lowest BCUT2D eigenvalue weighted by molar-refractivity contribution is -0.807. The zero-order chi connectivity index (χ0) is 13.0. The third kappa shape index (κ3) is 2.78. The zero-order valence-electron chi connectivity index (χ0n) is 8.91. The summed E-state index contributed by atoms with van der Waals surface area (Å²) in [5, 5.41) is 13.4. The molecule has 94 valence electrons. The van der Waals surface area contributed by atoms with Crippen LogP contribution in [0.4, 0.5) is 4.79 Å². The van der Waals surface area contributed by atoms with Crippen LogP contribution in [0, 0.1) is 5.21 Å². The monoisotopic (exact) mass is 263 g/mol. The molecule has 0 aromatic carbocycles. The molecule has 1 rings (SSSR count). The van der Waals surface area contributed by atoms with Gasteiger partial charge in [-0.3, -0.25) is 9.42 Å². The smallest absolute Gasteiger partial charge is 0.412 e. The van der Waals surface area contributed by atoms with Crippen LogP contribution in [0.1, 0.15) is 10.9 Å². The van der Waals surface area contributed by atoms with Gasteiger partial charge in [0.1, 0.15) is 0 Å².